The third-order valence-electron chi connectivity index (χ3n) is 0.908. The van der Waals surface area contributed by atoms with E-state index in [0.29, 0.717) is 0 Å². The molecule has 30 valence electrons. The van der Waals surface area contributed by atoms with Gasteiger partial charge in [0.25, 0.3) is 0 Å². The summed E-state index contributed by atoms with van der Waals surface area (Å²) in [6.07, 6.45) is 4.42. The summed E-state index contributed by atoms with van der Waals surface area (Å²) < 4.78 is 0. The van der Waals surface area contributed by atoms with Crippen molar-refractivity contribution in [2.45, 2.75) is 12.8 Å². The highest BCUT2D eigenvalue weighted by Gasteiger charge is 1.84. The molecule has 0 radical (unpaired) electrons. The molecule has 0 spiro atoms. The van der Waals surface area contributed by atoms with Crippen LogP contribution in [0.1, 0.15) is 12.8 Å². The Morgan fingerprint density at radius 2 is 2.60 bits per heavy atom. The Morgan fingerprint density at radius 3 is 2.80 bits per heavy atom. The first-order valence-corrected chi connectivity index (χ1v) is 3.63. The van der Waals surface area contributed by atoms with Crippen molar-refractivity contribution < 1.29 is 0 Å². The Labute approximate surface area is 34.0 Å². The molecular weight excluding hydrogens is 79.0 g/mol. The first-order chi connectivity index (χ1) is 2.50. The minimum atomic E-state index is 0.801. The molecule has 5 heavy (non-hydrogen) atoms. The second-order valence-electron chi connectivity index (χ2n) is 1.40. The lowest BCUT2D eigenvalue weighted by atomic mass is 10.4. The lowest BCUT2D eigenvalue weighted by Gasteiger charge is -1.69. The molecule has 0 saturated carbocycles. The van der Waals surface area contributed by atoms with E-state index in [9.17, 15) is 0 Å². The van der Waals surface area contributed by atoms with Gasteiger partial charge < -0.3 is 0 Å². The molecule has 1 heteroatoms. The van der Waals surface area contributed by atoms with Gasteiger partial charge >= 0.3 is 0 Å². The summed E-state index contributed by atoms with van der Waals surface area (Å²) in [5.74, 6) is 2.44. The van der Waals surface area contributed by atoms with Crippen LogP contribution in [0.4, 0.5) is 0 Å². The Balaban J connectivity index is 2.32. The Bertz CT molecular complexity index is 41.6. The fourth-order valence-corrected chi connectivity index (χ4v) is 1.77. The molecule has 0 N–H and O–H groups in total. The van der Waals surface area contributed by atoms with Gasteiger partial charge in [-0.05, 0) is 19.0 Å². The molecule has 0 saturated heterocycles. The van der Waals surface area contributed by atoms with Crippen LogP contribution in [0, 0.1) is 0 Å². The van der Waals surface area contributed by atoms with Crippen LogP contribution in [-0.4, -0.2) is 12.0 Å². The molecule has 0 fully saturated rings. The van der Waals surface area contributed by atoms with Gasteiger partial charge in [0.05, 0.1) is 0 Å². The second-order valence-corrected chi connectivity index (χ2v) is 2.92. The van der Waals surface area contributed by atoms with Crippen LogP contribution in [0.15, 0.2) is 0 Å². The maximum absolute atomic E-state index is 2.44. The summed E-state index contributed by atoms with van der Waals surface area (Å²) >= 11 is 0. The van der Waals surface area contributed by atoms with Crippen LogP contribution in [0.3, 0.4) is 0 Å². The number of hydrogen-bond acceptors (Lipinski definition) is 0. The molecular formula is C4H9P. The van der Waals surface area contributed by atoms with Gasteiger partial charge in [0.1, 0.15) is 0 Å². The molecule has 1 heterocycles. The highest BCUT2D eigenvalue weighted by Crippen LogP contribution is 2.07. The lowest BCUT2D eigenvalue weighted by Crippen LogP contribution is -1.60. The Hall–Kier alpha value is 0.300. The normalized spacial score (nSPS) is 27.2. The van der Waals surface area contributed by atoms with Gasteiger partial charge in [-0.3, -0.25) is 0 Å². The molecule has 1 atom stereocenters. The lowest BCUT2D eigenvalue weighted by molar-refractivity contribution is 1.05. The maximum atomic E-state index is 2.44. The molecule has 1 unspecified atom stereocenters. The van der Waals surface area contributed by atoms with E-state index in [2.05, 4.69) is 5.80 Å². The van der Waals surface area contributed by atoms with Crippen molar-refractivity contribution in [3.63, 3.8) is 0 Å². The SMILES string of the molecule is C1=[PH2]CCC1. The van der Waals surface area contributed by atoms with Crippen molar-refractivity contribution in [1.82, 2.24) is 0 Å². The summed E-state index contributed by atoms with van der Waals surface area (Å²) in [6.45, 7) is 0. The van der Waals surface area contributed by atoms with E-state index in [-0.39, 0.29) is 0 Å². The van der Waals surface area contributed by atoms with Gasteiger partial charge in [0, 0.05) is 0 Å². The monoisotopic (exact) mass is 88.0 g/mol. The van der Waals surface area contributed by atoms with Crippen LogP contribution in [0.25, 0.3) is 0 Å². The number of rotatable bonds is 0. The van der Waals surface area contributed by atoms with Crippen LogP contribution < -0.4 is 0 Å². The van der Waals surface area contributed by atoms with Crippen molar-refractivity contribution in [3.8, 4) is 0 Å². The van der Waals surface area contributed by atoms with Crippen LogP contribution in [0.5, 0.6) is 0 Å². The van der Waals surface area contributed by atoms with Gasteiger partial charge in [-0.2, -0.15) is 0 Å². The first-order valence-electron chi connectivity index (χ1n) is 2.15. The zero-order valence-corrected chi connectivity index (χ0v) is 4.43. The molecule has 1 aliphatic heterocycles. The zero-order valence-electron chi connectivity index (χ0n) is 3.28. The third-order valence-corrected chi connectivity index (χ3v) is 2.32. The predicted octanol–water partition coefficient (Wildman–Crippen LogP) is 0.993. The molecule has 1 rings (SSSR count). The van der Waals surface area contributed by atoms with Crippen molar-refractivity contribution in [1.29, 1.82) is 0 Å². The summed E-state index contributed by atoms with van der Waals surface area (Å²) in [5.41, 5.74) is 0. The zero-order chi connectivity index (χ0) is 3.54. The molecule has 0 aliphatic carbocycles. The van der Waals surface area contributed by atoms with E-state index in [4.69, 9.17) is 0 Å². The van der Waals surface area contributed by atoms with E-state index >= 15 is 0 Å². The minimum Gasteiger partial charge on any atom is -0.134 e. The summed E-state index contributed by atoms with van der Waals surface area (Å²) in [6, 6.07) is 0. The standard InChI is InChI=1S/C4H9P/c1-2-4-5-3-1/h3H,1-2,4-5H2. The van der Waals surface area contributed by atoms with Crippen molar-refractivity contribution in [3.05, 3.63) is 0 Å². The molecule has 0 aromatic carbocycles. The second kappa shape index (κ2) is 1.67. The van der Waals surface area contributed by atoms with E-state index in [0.717, 1.165) is 8.20 Å². The van der Waals surface area contributed by atoms with Crippen LogP contribution in [0.2, 0.25) is 0 Å². The van der Waals surface area contributed by atoms with Crippen LogP contribution >= 0.6 is 8.20 Å². The molecule has 0 aromatic rings. The fourth-order valence-electron chi connectivity index (χ4n) is 0.589. The van der Waals surface area contributed by atoms with Gasteiger partial charge in [-0.15, -0.1) is 8.20 Å². The van der Waals surface area contributed by atoms with Crippen molar-refractivity contribution >= 4 is 14.0 Å². The third kappa shape index (κ3) is 0.810. The Kier molecular flexibility index (Phi) is 1.16. The van der Waals surface area contributed by atoms with Gasteiger partial charge in [-0.1, -0.05) is 5.80 Å². The quantitative estimate of drug-likeness (QED) is 0.387. The average molecular weight is 88.1 g/mol. The molecule has 1 aliphatic rings. The van der Waals surface area contributed by atoms with E-state index < -0.39 is 0 Å². The minimum absolute atomic E-state index is 0.801. The van der Waals surface area contributed by atoms with E-state index in [1.165, 1.54) is 19.0 Å². The first kappa shape index (κ1) is 3.49. The van der Waals surface area contributed by atoms with Crippen LogP contribution in [-0.2, 0) is 0 Å². The topological polar surface area (TPSA) is 0 Å². The molecule has 0 amide bonds. The van der Waals surface area contributed by atoms with Gasteiger partial charge in [-0.25, -0.2) is 0 Å². The molecule has 0 bridgehead atoms. The largest absolute Gasteiger partial charge is 0.134 e. The summed E-state index contributed by atoms with van der Waals surface area (Å²) in [5, 5.41) is 0. The summed E-state index contributed by atoms with van der Waals surface area (Å²) in [7, 11) is 0.801. The number of hydrogen-bond donors (Lipinski definition) is 0. The summed E-state index contributed by atoms with van der Waals surface area (Å²) in [4.78, 5) is 0. The fraction of sp³-hybridized carbons (Fsp3) is 0.750. The average Bonchev–Trinajstić information content (AvgIpc) is 1.76. The van der Waals surface area contributed by atoms with E-state index in [1.54, 1.807) is 0 Å². The van der Waals surface area contributed by atoms with E-state index in [1.807, 2.05) is 0 Å². The smallest absolute Gasteiger partial charge is 0.0348 e. The van der Waals surface area contributed by atoms with Gasteiger partial charge in [0.2, 0.25) is 0 Å². The Morgan fingerprint density at radius 1 is 1.60 bits per heavy atom. The predicted molar refractivity (Wildman–Crippen MR) is 29.9 cm³/mol. The van der Waals surface area contributed by atoms with Crippen molar-refractivity contribution in [2.24, 2.45) is 0 Å². The maximum Gasteiger partial charge on any atom is -0.0348 e. The molecule has 0 aromatic heterocycles. The molecule has 0 nitrogen and oxygen atoms in total. The van der Waals surface area contributed by atoms with Gasteiger partial charge in [0.15, 0.2) is 0 Å². The highest BCUT2D eigenvalue weighted by atomic mass is 31.1. The highest BCUT2D eigenvalue weighted by molar-refractivity contribution is 7.38. The van der Waals surface area contributed by atoms with Crippen molar-refractivity contribution in [2.75, 3.05) is 6.16 Å².